The van der Waals surface area contributed by atoms with Gasteiger partial charge in [-0.1, -0.05) is 27.7 Å². The number of nitrogens with one attached hydrogen (secondary N) is 2. The molecule has 1 heterocycles. The van der Waals surface area contributed by atoms with Gasteiger partial charge in [-0.05, 0) is 29.5 Å². The predicted molar refractivity (Wildman–Crippen MR) is 89.5 cm³/mol. The van der Waals surface area contributed by atoms with Gasteiger partial charge in [-0.25, -0.2) is 4.98 Å². The van der Waals surface area contributed by atoms with Crippen LogP contribution in [0, 0.1) is 5.41 Å². The van der Waals surface area contributed by atoms with E-state index in [0.29, 0.717) is 13.1 Å². The first-order valence-electron chi connectivity index (χ1n) is 7.98. The number of aromatic nitrogens is 1. The lowest BCUT2D eigenvalue weighted by Crippen LogP contribution is -2.38. The number of pyridine rings is 1. The first kappa shape index (κ1) is 20.2. The molecule has 0 aliphatic carbocycles. The van der Waals surface area contributed by atoms with Gasteiger partial charge in [0, 0.05) is 25.4 Å². The summed E-state index contributed by atoms with van der Waals surface area (Å²) in [5.41, 5.74) is 0.553. The largest absolute Gasteiger partial charge is 0.417 e. The lowest BCUT2D eigenvalue weighted by Gasteiger charge is -2.27. The van der Waals surface area contributed by atoms with Crippen LogP contribution in [0.25, 0.3) is 0 Å². The summed E-state index contributed by atoms with van der Waals surface area (Å²) in [7, 11) is 0. The molecule has 0 amide bonds. The molecule has 5 nitrogen and oxygen atoms in total. The van der Waals surface area contributed by atoms with Crippen LogP contribution in [0.3, 0.4) is 0 Å². The number of hydrogen-bond donors (Lipinski definition) is 3. The van der Waals surface area contributed by atoms with Crippen molar-refractivity contribution in [2.75, 3.05) is 6.54 Å². The van der Waals surface area contributed by atoms with Gasteiger partial charge in [0.1, 0.15) is 0 Å². The van der Waals surface area contributed by atoms with Crippen LogP contribution in [0.2, 0.25) is 0 Å². The number of hydrogen-bond acceptors (Lipinski definition) is 5. The van der Waals surface area contributed by atoms with Crippen molar-refractivity contribution < 1.29 is 18.6 Å². The molecule has 1 rings (SSSR count). The highest BCUT2D eigenvalue weighted by Crippen LogP contribution is 2.18. The summed E-state index contributed by atoms with van der Waals surface area (Å²) in [5.74, 6) is 0.676. The van der Waals surface area contributed by atoms with Crippen LogP contribution in [-0.2, 0) is 6.54 Å². The van der Waals surface area contributed by atoms with E-state index < -0.39 is 12.7 Å². The maximum atomic E-state index is 12.2. The average molecular weight is 343 g/mol. The van der Waals surface area contributed by atoms with Crippen LogP contribution in [0.1, 0.15) is 39.7 Å². The molecule has 24 heavy (non-hydrogen) atoms. The number of allylic oxidation sites excluding steroid dienone is 1. The van der Waals surface area contributed by atoms with E-state index in [1.165, 1.54) is 12.3 Å². The Hall–Kier alpha value is -1.89. The van der Waals surface area contributed by atoms with Crippen LogP contribution in [0.5, 0.6) is 5.88 Å². The lowest BCUT2D eigenvalue weighted by molar-refractivity contribution is -0.0528. The molecular weight excluding hydrogens is 316 g/mol. The molecule has 0 aliphatic rings. The number of nitrogens with zero attached hydrogens (tertiary/aromatic N) is 1. The Morgan fingerprint density at radius 2 is 2.08 bits per heavy atom. The van der Waals surface area contributed by atoms with Crippen molar-refractivity contribution in [3.63, 3.8) is 0 Å². The lowest BCUT2D eigenvalue weighted by atomic mass is 9.89. The van der Waals surface area contributed by atoms with Gasteiger partial charge in [0.15, 0.2) is 0 Å². The van der Waals surface area contributed by atoms with Gasteiger partial charge in [0.25, 0.3) is 0 Å². The molecule has 3 N–H and O–H groups in total. The Morgan fingerprint density at radius 1 is 1.38 bits per heavy atom. The summed E-state index contributed by atoms with van der Waals surface area (Å²) in [6.07, 6.45) is 3.71. The van der Waals surface area contributed by atoms with Crippen LogP contribution in [-0.4, -0.2) is 29.4 Å². The fourth-order valence-electron chi connectivity index (χ4n) is 1.84. The third-order valence-electron chi connectivity index (χ3n) is 3.39. The summed E-state index contributed by atoms with van der Waals surface area (Å²) in [6.45, 7) is 5.86. The molecule has 0 saturated carbocycles. The predicted octanol–water partition coefficient (Wildman–Crippen LogP) is 3.02. The van der Waals surface area contributed by atoms with E-state index in [0.717, 1.165) is 17.8 Å². The van der Waals surface area contributed by atoms with E-state index >= 15 is 0 Å². The summed E-state index contributed by atoms with van der Waals surface area (Å²) < 4.78 is 28.7. The smallest absolute Gasteiger partial charge is 0.388 e. The highest BCUT2D eigenvalue weighted by molar-refractivity contribution is 5.21. The van der Waals surface area contributed by atoms with Gasteiger partial charge in [0.2, 0.25) is 5.88 Å². The maximum Gasteiger partial charge on any atom is 0.388 e. The van der Waals surface area contributed by atoms with Crippen LogP contribution in [0.15, 0.2) is 30.2 Å². The van der Waals surface area contributed by atoms with E-state index in [1.54, 1.807) is 6.07 Å². The number of aliphatic hydroxyl groups is 1. The second-order valence-electron chi connectivity index (χ2n) is 6.52. The van der Waals surface area contributed by atoms with Gasteiger partial charge in [0.05, 0.1) is 11.9 Å². The van der Waals surface area contributed by atoms with Crippen LogP contribution in [0.4, 0.5) is 8.78 Å². The van der Waals surface area contributed by atoms with E-state index in [4.69, 9.17) is 0 Å². The van der Waals surface area contributed by atoms with E-state index in [9.17, 15) is 13.9 Å². The van der Waals surface area contributed by atoms with Gasteiger partial charge < -0.3 is 20.5 Å². The zero-order chi connectivity index (χ0) is 18.2. The Labute approximate surface area is 142 Å². The normalized spacial score (nSPS) is 13.8. The van der Waals surface area contributed by atoms with Gasteiger partial charge >= 0.3 is 6.61 Å². The van der Waals surface area contributed by atoms with Crippen molar-refractivity contribution in [3.8, 4) is 5.88 Å². The fourth-order valence-corrected chi connectivity index (χ4v) is 1.84. The molecular formula is C17H27F2N3O2. The van der Waals surface area contributed by atoms with E-state index in [-0.39, 0.29) is 11.3 Å². The molecule has 0 aliphatic heterocycles. The number of aliphatic hydroxyl groups excluding tert-OH is 1. The van der Waals surface area contributed by atoms with Crippen molar-refractivity contribution in [2.45, 2.75) is 53.4 Å². The maximum absolute atomic E-state index is 12.2. The SMILES string of the molecule is CC/C=C(\NCc1ccnc(OC(F)F)c1)NCC(O)C(C)(C)C. The third kappa shape index (κ3) is 7.59. The molecule has 0 aromatic carbocycles. The number of ether oxygens (including phenoxy) is 1. The fraction of sp³-hybridized carbons (Fsp3) is 0.588. The first-order valence-corrected chi connectivity index (χ1v) is 7.98. The molecule has 0 fully saturated rings. The van der Waals surface area contributed by atoms with Gasteiger partial charge in [-0.2, -0.15) is 8.78 Å². The minimum atomic E-state index is -2.89. The highest BCUT2D eigenvalue weighted by atomic mass is 19.3. The van der Waals surface area contributed by atoms with Crippen molar-refractivity contribution in [2.24, 2.45) is 5.41 Å². The summed E-state index contributed by atoms with van der Waals surface area (Å²) in [6, 6.07) is 3.19. The van der Waals surface area contributed by atoms with Gasteiger partial charge in [-0.15, -0.1) is 0 Å². The zero-order valence-corrected chi connectivity index (χ0v) is 14.6. The quantitative estimate of drug-likeness (QED) is 0.643. The van der Waals surface area contributed by atoms with Crippen molar-refractivity contribution in [1.29, 1.82) is 0 Å². The van der Waals surface area contributed by atoms with Crippen molar-refractivity contribution >= 4 is 0 Å². The van der Waals surface area contributed by atoms with E-state index in [1.807, 2.05) is 33.8 Å². The zero-order valence-electron chi connectivity index (χ0n) is 14.6. The summed E-state index contributed by atoms with van der Waals surface area (Å²) >= 11 is 0. The molecule has 1 aromatic heterocycles. The Balaban J connectivity index is 2.59. The molecule has 0 radical (unpaired) electrons. The molecule has 1 aromatic rings. The van der Waals surface area contributed by atoms with E-state index in [2.05, 4.69) is 20.4 Å². The molecule has 0 spiro atoms. The number of halogens is 2. The number of rotatable bonds is 9. The first-order chi connectivity index (χ1) is 11.2. The monoisotopic (exact) mass is 343 g/mol. The molecule has 0 saturated heterocycles. The molecule has 1 unspecified atom stereocenters. The van der Waals surface area contributed by atoms with Crippen molar-refractivity contribution in [3.05, 3.63) is 35.8 Å². The molecule has 136 valence electrons. The van der Waals surface area contributed by atoms with Crippen LogP contribution >= 0.6 is 0 Å². The Morgan fingerprint density at radius 3 is 2.67 bits per heavy atom. The minimum absolute atomic E-state index is 0.110. The molecule has 1 atom stereocenters. The minimum Gasteiger partial charge on any atom is -0.417 e. The molecule has 7 heteroatoms. The highest BCUT2D eigenvalue weighted by Gasteiger charge is 2.21. The topological polar surface area (TPSA) is 66.4 Å². The Kier molecular flexibility index (Phi) is 7.91. The Bertz CT molecular complexity index is 531. The second kappa shape index (κ2) is 9.42. The van der Waals surface area contributed by atoms with Gasteiger partial charge in [-0.3, -0.25) is 0 Å². The summed E-state index contributed by atoms with van der Waals surface area (Å²) in [5, 5.41) is 16.5. The van der Waals surface area contributed by atoms with Crippen molar-refractivity contribution in [1.82, 2.24) is 15.6 Å². The molecule has 0 bridgehead atoms. The third-order valence-corrected chi connectivity index (χ3v) is 3.39. The second-order valence-corrected chi connectivity index (χ2v) is 6.52. The van der Waals surface area contributed by atoms with Crippen LogP contribution < -0.4 is 15.4 Å². The summed E-state index contributed by atoms with van der Waals surface area (Å²) in [4.78, 5) is 3.74. The average Bonchev–Trinajstić information content (AvgIpc) is 2.48. The standard InChI is InChI=1S/C17H27F2N3O2/c1-5-6-14(22-11-13(23)17(2,3)4)21-10-12-7-8-20-15(9-12)24-16(18)19/h6-9,13,16,21-23H,5,10-11H2,1-4H3/b14-6+. The number of alkyl halides is 2.